The molecule has 0 saturated carbocycles. The number of carbonyl (C=O) groups excluding carboxylic acids is 1. The number of carbonyl (C=O) groups is 1. The van der Waals surface area contributed by atoms with Gasteiger partial charge in [-0.2, -0.15) is 0 Å². The third kappa shape index (κ3) is 4.00. The van der Waals surface area contributed by atoms with Gasteiger partial charge in [0, 0.05) is 0 Å². The quantitative estimate of drug-likeness (QED) is 0.788. The number of esters is 1. The molecule has 24 heavy (non-hydrogen) atoms. The SMILES string of the molecule is O=C1O[C@H](CO)C(OCc2ccccc2)[C@@H]1OCc1ccccc1. The fourth-order valence-corrected chi connectivity index (χ4v) is 2.64. The van der Waals surface area contributed by atoms with E-state index in [1.165, 1.54) is 0 Å². The van der Waals surface area contributed by atoms with E-state index in [4.69, 9.17) is 14.2 Å². The van der Waals surface area contributed by atoms with Crippen LogP contribution in [0.1, 0.15) is 11.1 Å². The van der Waals surface area contributed by atoms with E-state index >= 15 is 0 Å². The highest BCUT2D eigenvalue weighted by molar-refractivity contribution is 5.78. The van der Waals surface area contributed by atoms with Gasteiger partial charge in [0.1, 0.15) is 6.10 Å². The molecule has 0 aromatic heterocycles. The first-order valence-electron chi connectivity index (χ1n) is 7.90. The lowest BCUT2D eigenvalue weighted by molar-refractivity contribution is -0.151. The van der Waals surface area contributed by atoms with Gasteiger partial charge < -0.3 is 19.3 Å². The number of aliphatic hydroxyl groups is 1. The number of cyclic esters (lactones) is 1. The molecule has 1 N–H and O–H groups in total. The molecule has 1 saturated heterocycles. The van der Waals surface area contributed by atoms with E-state index in [0.29, 0.717) is 6.61 Å². The van der Waals surface area contributed by atoms with Crippen molar-refractivity contribution in [3.63, 3.8) is 0 Å². The van der Waals surface area contributed by atoms with E-state index in [1.807, 2.05) is 60.7 Å². The van der Waals surface area contributed by atoms with E-state index in [9.17, 15) is 9.90 Å². The highest BCUT2D eigenvalue weighted by Gasteiger charge is 2.46. The summed E-state index contributed by atoms with van der Waals surface area (Å²) in [5.74, 6) is -0.497. The maximum Gasteiger partial charge on any atom is 0.338 e. The molecule has 3 atom stereocenters. The number of benzene rings is 2. The van der Waals surface area contributed by atoms with E-state index in [1.54, 1.807) is 0 Å². The summed E-state index contributed by atoms with van der Waals surface area (Å²) in [7, 11) is 0. The van der Waals surface area contributed by atoms with Crippen molar-refractivity contribution in [1.29, 1.82) is 0 Å². The van der Waals surface area contributed by atoms with Crippen molar-refractivity contribution in [2.24, 2.45) is 0 Å². The Labute approximate surface area is 140 Å². The van der Waals surface area contributed by atoms with E-state index in [0.717, 1.165) is 11.1 Å². The summed E-state index contributed by atoms with van der Waals surface area (Å²) < 4.78 is 16.7. The molecule has 0 aliphatic carbocycles. The van der Waals surface area contributed by atoms with Gasteiger partial charge in [-0.05, 0) is 11.1 Å². The summed E-state index contributed by atoms with van der Waals surface area (Å²) in [4.78, 5) is 12.0. The molecule has 0 bridgehead atoms. The van der Waals surface area contributed by atoms with E-state index < -0.39 is 24.3 Å². The van der Waals surface area contributed by atoms with Crippen LogP contribution in [0.5, 0.6) is 0 Å². The number of hydrogen-bond acceptors (Lipinski definition) is 5. The Morgan fingerprint density at radius 3 is 1.96 bits per heavy atom. The minimum Gasteiger partial charge on any atom is -0.455 e. The molecule has 0 radical (unpaired) electrons. The van der Waals surface area contributed by atoms with Gasteiger partial charge in [0.25, 0.3) is 0 Å². The maximum atomic E-state index is 12.0. The van der Waals surface area contributed by atoms with Crippen molar-refractivity contribution >= 4 is 5.97 Å². The Morgan fingerprint density at radius 2 is 1.42 bits per heavy atom. The van der Waals surface area contributed by atoms with Gasteiger partial charge in [0.2, 0.25) is 0 Å². The summed E-state index contributed by atoms with van der Waals surface area (Å²) in [5.41, 5.74) is 1.94. The largest absolute Gasteiger partial charge is 0.455 e. The average molecular weight is 328 g/mol. The summed E-state index contributed by atoms with van der Waals surface area (Å²) in [6.45, 7) is 0.310. The van der Waals surface area contributed by atoms with Crippen LogP contribution >= 0.6 is 0 Å². The van der Waals surface area contributed by atoms with Gasteiger partial charge in [-0.25, -0.2) is 4.79 Å². The smallest absolute Gasteiger partial charge is 0.338 e. The van der Waals surface area contributed by atoms with Crippen molar-refractivity contribution in [1.82, 2.24) is 0 Å². The normalized spacial score (nSPS) is 23.2. The molecule has 1 fully saturated rings. The molecular formula is C19H20O5. The van der Waals surface area contributed by atoms with E-state index in [2.05, 4.69) is 0 Å². The standard InChI is InChI=1S/C19H20O5/c20-11-16-17(22-12-14-7-3-1-4-8-14)18(19(21)24-16)23-13-15-9-5-2-6-10-15/h1-10,16-18,20H,11-13H2/t16-,17?,18+/m1/s1. The van der Waals surface area contributed by atoms with Crippen molar-refractivity contribution in [3.05, 3.63) is 71.8 Å². The summed E-state index contributed by atoms with van der Waals surface area (Å²) in [6, 6.07) is 19.2. The number of aliphatic hydroxyl groups excluding tert-OH is 1. The molecule has 126 valence electrons. The Balaban J connectivity index is 1.64. The molecule has 2 aromatic carbocycles. The van der Waals surface area contributed by atoms with Crippen LogP contribution in [-0.4, -0.2) is 36.0 Å². The number of rotatable bonds is 7. The molecule has 1 aliphatic heterocycles. The fraction of sp³-hybridized carbons (Fsp3) is 0.316. The highest BCUT2D eigenvalue weighted by atomic mass is 16.6. The second-order valence-electron chi connectivity index (χ2n) is 5.64. The van der Waals surface area contributed by atoms with Crippen molar-refractivity contribution in [2.45, 2.75) is 31.5 Å². The summed E-state index contributed by atoms with van der Waals surface area (Å²) >= 11 is 0. The molecule has 5 heteroatoms. The van der Waals surface area contributed by atoms with Crippen LogP contribution in [0.25, 0.3) is 0 Å². The van der Waals surface area contributed by atoms with Gasteiger partial charge in [-0.15, -0.1) is 0 Å². The first-order valence-corrected chi connectivity index (χ1v) is 7.90. The Kier molecular flexibility index (Phi) is 5.59. The number of hydrogen-bond donors (Lipinski definition) is 1. The minimum absolute atomic E-state index is 0.282. The summed E-state index contributed by atoms with van der Waals surface area (Å²) in [6.07, 6.45) is -2.18. The molecule has 3 rings (SSSR count). The van der Waals surface area contributed by atoms with Crippen LogP contribution in [0.4, 0.5) is 0 Å². The molecule has 1 unspecified atom stereocenters. The van der Waals surface area contributed by atoms with Gasteiger partial charge in [-0.3, -0.25) is 0 Å². The Morgan fingerprint density at radius 1 is 0.875 bits per heavy atom. The van der Waals surface area contributed by atoms with Gasteiger partial charge in [0.05, 0.1) is 19.8 Å². The van der Waals surface area contributed by atoms with Crippen molar-refractivity contribution < 1.29 is 24.1 Å². The lowest BCUT2D eigenvalue weighted by Crippen LogP contribution is -2.37. The summed E-state index contributed by atoms with van der Waals surface area (Å²) in [5, 5.41) is 9.44. The zero-order chi connectivity index (χ0) is 16.8. The van der Waals surface area contributed by atoms with Crippen molar-refractivity contribution in [2.75, 3.05) is 6.61 Å². The average Bonchev–Trinajstić information content (AvgIpc) is 2.94. The topological polar surface area (TPSA) is 65.0 Å². The minimum atomic E-state index is -0.842. The molecule has 1 aliphatic rings. The maximum absolute atomic E-state index is 12.0. The van der Waals surface area contributed by atoms with Gasteiger partial charge in [-0.1, -0.05) is 60.7 Å². The molecule has 0 amide bonds. The first-order chi connectivity index (χ1) is 11.8. The van der Waals surface area contributed by atoms with Gasteiger partial charge in [0.15, 0.2) is 12.2 Å². The first kappa shape index (κ1) is 16.6. The molecular weight excluding hydrogens is 308 g/mol. The molecule has 1 heterocycles. The Bertz CT molecular complexity index is 643. The van der Waals surface area contributed by atoms with E-state index in [-0.39, 0.29) is 13.2 Å². The van der Waals surface area contributed by atoms with Crippen molar-refractivity contribution in [3.8, 4) is 0 Å². The van der Waals surface area contributed by atoms with Crippen LogP contribution < -0.4 is 0 Å². The lowest BCUT2D eigenvalue weighted by atomic mass is 10.1. The molecule has 2 aromatic rings. The predicted molar refractivity (Wildman–Crippen MR) is 87.0 cm³/mol. The van der Waals surface area contributed by atoms with Gasteiger partial charge >= 0.3 is 5.97 Å². The molecule has 5 nitrogen and oxygen atoms in total. The molecule has 0 spiro atoms. The number of ether oxygens (including phenoxy) is 3. The highest BCUT2D eigenvalue weighted by Crippen LogP contribution is 2.24. The second-order valence-corrected chi connectivity index (χ2v) is 5.64. The van der Waals surface area contributed by atoms with Crippen LogP contribution in [-0.2, 0) is 32.2 Å². The monoisotopic (exact) mass is 328 g/mol. The Hall–Kier alpha value is -2.21. The lowest BCUT2D eigenvalue weighted by Gasteiger charge is -2.20. The van der Waals surface area contributed by atoms with Crippen LogP contribution in [0.15, 0.2) is 60.7 Å². The zero-order valence-electron chi connectivity index (χ0n) is 13.2. The van der Waals surface area contributed by atoms with Crippen LogP contribution in [0, 0.1) is 0 Å². The third-order valence-electron chi connectivity index (χ3n) is 3.90. The fourth-order valence-electron chi connectivity index (χ4n) is 2.64. The van der Waals surface area contributed by atoms with Crippen LogP contribution in [0.3, 0.4) is 0 Å². The predicted octanol–water partition coefficient (Wildman–Crippen LogP) is 2.07. The zero-order valence-corrected chi connectivity index (χ0v) is 13.2. The second kappa shape index (κ2) is 8.06. The van der Waals surface area contributed by atoms with Crippen LogP contribution in [0.2, 0.25) is 0 Å². The third-order valence-corrected chi connectivity index (χ3v) is 3.90.